The van der Waals surface area contributed by atoms with Gasteiger partial charge in [-0.1, -0.05) is 0 Å². The molecule has 2 nitrogen and oxygen atoms in total. The molecule has 98 valence electrons. The number of nitrogen functional groups attached to an aromatic ring is 1. The van der Waals surface area contributed by atoms with Crippen molar-refractivity contribution in [2.75, 3.05) is 5.73 Å². The van der Waals surface area contributed by atoms with Gasteiger partial charge in [-0.25, -0.2) is 13.2 Å². The minimum Gasteiger partial charge on any atom is -0.399 e. The normalized spacial score (nSPS) is 10.5. The number of aryl methyl sites for hydroxylation is 1. The fourth-order valence-electron chi connectivity index (χ4n) is 1.73. The molecule has 0 aliphatic rings. The molecule has 0 atom stereocenters. The molecule has 2 N–H and O–H groups in total. The van der Waals surface area contributed by atoms with E-state index in [9.17, 15) is 18.0 Å². The number of anilines is 1. The first kappa shape index (κ1) is 13.1. The molecule has 0 aliphatic carbocycles. The topological polar surface area (TPSA) is 43.1 Å². The van der Waals surface area contributed by atoms with Gasteiger partial charge >= 0.3 is 0 Å². The number of hydrogen-bond donors (Lipinski definition) is 1. The van der Waals surface area contributed by atoms with Crippen molar-refractivity contribution in [1.82, 2.24) is 0 Å². The first-order valence-electron chi connectivity index (χ1n) is 5.45. The van der Waals surface area contributed by atoms with Crippen molar-refractivity contribution >= 4 is 11.5 Å². The van der Waals surface area contributed by atoms with Crippen LogP contribution in [0.5, 0.6) is 0 Å². The lowest BCUT2D eigenvalue weighted by Crippen LogP contribution is -2.07. The molecule has 0 fully saturated rings. The Hall–Kier alpha value is -2.30. The number of ketones is 1. The maximum absolute atomic E-state index is 13.6. The van der Waals surface area contributed by atoms with Gasteiger partial charge in [0.25, 0.3) is 0 Å². The zero-order valence-corrected chi connectivity index (χ0v) is 10.0. The molecule has 0 unspecified atom stereocenters. The Morgan fingerprint density at radius 1 is 1.00 bits per heavy atom. The van der Waals surface area contributed by atoms with E-state index in [-0.39, 0.29) is 22.4 Å². The van der Waals surface area contributed by atoms with E-state index in [4.69, 9.17) is 5.73 Å². The summed E-state index contributed by atoms with van der Waals surface area (Å²) in [4.78, 5) is 12.1. The van der Waals surface area contributed by atoms with Crippen LogP contribution < -0.4 is 5.73 Å². The van der Waals surface area contributed by atoms with E-state index in [2.05, 4.69) is 0 Å². The third-order valence-electron chi connectivity index (χ3n) is 2.68. The fourth-order valence-corrected chi connectivity index (χ4v) is 1.73. The van der Waals surface area contributed by atoms with Gasteiger partial charge in [0.1, 0.15) is 17.5 Å². The van der Waals surface area contributed by atoms with Gasteiger partial charge in [0.15, 0.2) is 5.78 Å². The Bertz CT molecular complexity index is 648. The minimum absolute atomic E-state index is 0.0580. The summed E-state index contributed by atoms with van der Waals surface area (Å²) in [6.45, 7) is 1.41. The molecular formula is C14H10F3NO. The molecule has 19 heavy (non-hydrogen) atoms. The SMILES string of the molecule is Cc1cc(C(=O)c2cc(N)cc(F)c2)c(F)cc1F. The third-order valence-corrected chi connectivity index (χ3v) is 2.68. The fraction of sp³-hybridized carbons (Fsp3) is 0.0714. The summed E-state index contributed by atoms with van der Waals surface area (Å²) in [7, 11) is 0. The van der Waals surface area contributed by atoms with Crippen molar-refractivity contribution in [3.63, 3.8) is 0 Å². The summed E-state index contributed by atoms with van der Waals surface area (Å²) in [6, 6.07) is 4.96. The second-order valence-corrected chi connectivity index (χ2v) is 4.18. The van der Waals surface area contributed by atoms with Gasteiger partial charge in [-0.15, -0.1) is 0 Å². The molecule has 0 aliphatic heterocycles. The lowest BCUT2D eigenvalue weighted by atomic mass is 10.0. The molecule has 0 spiro atoms. The van der Waals surface area contributed by atoms with E-state index in [1.54, 1.807) is 0 Å². The average molecular weight is 265 g/mol. The molecule has 2 aromatic carbocycles. The van der Waals surface area contributed by atoms with Gasteiger partial charge in [-0.05, 0) is 36.8 Å². The molecule has 0 radical (unpaired) electrons. The molecule has 0 aromatic heterocycles. The van der Waals surface area contributed by atoms with Crippen LogP contribution in [0.2, 0.25) is 0 Å². The van der Waals surface area contributed by atoms with Crippen LogP contribution in [0.15, 0.2) is 30.3 Å². The number of nitrogens with two attached hydrogens (primary N) is 1. The summed E-state index contributed by atoms with van der Waals surface area (Å²) >= 11 is 0. The van der Waals surface area contributed by atoms with Crippen LogP contribution in [0.25, 0.3) is 0 Å². The van der Waals surface area contributed by atoms with Crippen LogP contribution in [0.3, 0.4) is 0 Å². The Balaban J connectivity index is 2.53. The van der Waals surface area contributed by atoms with Gasteiger partial charge in [0.05, 0.1) is 5.56 Å². The lowest BCUT2D eigenvalue weighted by Gasteiger charge is -2.06. The van der Waals surface area contributed by atoms with Crippen LogP contribution in [0, 0.1) is 24.4 Å². The highest BCUT2D eigenvalue weighted by molar-refractivity contribution is 6.09. The van der Waals surface area contributed by atoms with Gasteiger partial charge in [0.2, 0.25) is 0 Å². The van der Waals surface area contributed by atoms with E-state index >= 15 is 0 Å². The molecule has 2 rings (SSSR count). The highest BCUT2D eigenvalue weighted by Gasteiger charge is 2.17. The van der Waals surface area contributed by atoms with Crippen LogP contribution in [0.4, 0.5) is 18.9 Å². The van der Waals surface area contributed by atoms with E-state index < -0.39 is 23.2 Å². The number of rotatable bonds is 2. The largest absolute Gasteiger partial charge is 0.399 e. The maximum atomic E-state index is 13.6. The van der Waals surface area contributed by atoms with E-state index in [0.717, 1.165) is 18.2 Å². The second-order valence-electron chi connectivity index (χ2n) is 4.18. The summed E-state index contributed by atoms with van der Waals surface area (Å²) < 4.78 is 39.9. The predicted octanol–water partition coefficient (Wildman–Crippen LogP) is 3.23. The first-order chi connectivity index (χ1) is 8.88. The number of benzene rings is 2. The van der Waals surface area contributed by atoms with Crippen molar-refractivity contribution in [3.8, 4) is 0 Å². The third kappa shape index (κ3) is 2.59. The molecule has 2 aromatic rings. The monoisotopic (exact) mass is 265 g/mol. The van der Waals surface area contributed by atoms with Gasteiger partial charge in [-0.3, -0.25) is 4.79 Å². The molecule has 0 heterocycles. The Morgan fingerprint density at radius 2 is 1.68 bits per heavy atom. The van der Waals surface area contributed by atoms with Crippen molar-refractivity contribution in [3.05, 3.63) is 64.5 Å². The van der Waals surface area contributed by atoms with Crippen molar-refractivity contribution in [2.45, 2.75) is 6.92 Å². The van der Waals surface area contributed by atoms with Crippen LogP contribution >= 0.6 is 0 Å². The van der Waals surface area contributed by atoms with Crippen LogP contribution in [-0.4, -0.2) is 5.78 Å². The van der Waals surface area contributed by atoms with Gasteiger partial charge in [0, 0.05) is 17.3 Å². The number of carbonyl (C=O) groups excluding carboxylic acids is 1. The molecule has 0 saturated heterocycles. The zero-order chi connectivity index (χ0) is 14.2. The number of hydrogen-bond acceptors (Lipinski definition) is 2. The zero-order valence-electron chi connectivity index (χ0n) is 10.0. The van der Waals surface area contributed by atoms with Crippen molar-refractivity contribution < 1.29 is 18.0 Å². The average Bonchev–Trinajstić information content (AvgIpc) is 2.31. The minimum atomic E-state index is -0.990. The molecular weight excluding hydrogens is 255 g/mol. The predicted molar refractivity (Wildman–Crippen MR) is 65.3 cm³/mol. The smallest absolute Gasteiger partial charge is 0.196 e. The first-order valence-corrected chi connectivity index (χ1v) is 5.45. The number of halogens is 3. The van der Waals surface area contributed by atoms with Crippen molar-refractivity contribution in [2.24, 2.45) is 0 Å². The Labute approximate surface area is 107 Å². The number of carbonyl (C=O) groups is 1. The van der Waals surface area contributed by atoms with Crippen molar-refractivity contribution in [1.29, 1.82) is 0 Å². The van der Waals surface area contributed by atoms with E-state index in [0.29, 0.717) is 6.07 Å². The Morgan fingerprint density at radius 3 is 2.32 bits per heavy atom. The maximum Gasteiger partial charge on any atom is 0.196 e. The summed E-state index contributed by atoms with van der Waals surface area (Å²) in [5.74, 6) is -3.17. The quantitative estimate of drug-likeness (QED) is 0.669. The van der Waals surface area contributed by atoms with E-state index in [1.807, 2.05) is 0 Å². The summed E-state index contributed by atoms with van der Waals surface area (Å²) in [5, 5.41) is 0. The summed E-state index contributed by atoms with van der Waals surface area (Å²) in [5.41, 5.74) is 5.22. The van der Waals surface area contributed by atoms with Crippen LogP contribution in [0.1, 0.15) is 21.5 Å². The highest BCUT2D eigenvalue weighted by atomic mass is 19.1. The summed E-state index contributed by atoms with van der Waals surface area (Å²) in [6.07, 6.45) is 0. The standard InChI is InChI=1S/C14H10F3NO/c1-7-2-11(13(17)6-12(7)16)14(19)8-3-9(15)5-10(18)4-8/h2-6H,18H2,1H3. The van der Waals surface area contributed by atoms with Crippen LogP contribution in [-0.2, 0) is 0 Å². The van der Waals surface area contributed by atoms with Gasteiger partial charge < -0.3 is 5.73 Å². The Kier molecular flexibility index (Phi) is 3.29. The molecule has 5 heteroatoms. The van der Waals surface area contributed by atoms with E-state index in [1.165, 1.54) is 13.0 Å². The molecule has 0 amide bonds. The second kappa shape index (κ2) is 4.76. The molecule has 0 saturated carbocycles. The van der Waals surface area contributed by atoms with Gasteiger partial charge in [-0.2, -0.15) is 0 Å². The highest BCUT2D eigenvalue weighted by Crippen LogP contribution is 2.20. The molecule has 0 bridgehead atoms. The lowest BCUT2D eigenvalue weighted by molar-refractivity contribution is 0.103.